The summed E-state index contributed by atoms with van der Waals surface area (Å²) in [5.41, 5.74) is 1.28. The molecule has 0 saturated carbocycles. The zero-order valence-corrected chi connectivity index (χ0v) is 8.23. The average Bonchev–Trinajstić information content (AvgIpc) is 2.15. The molecule has 0 unspecified atom stereocenters. The molecule has 0 heterocycles. The maximum atomic E-state index is 9.00. The predicted octanol–water partition coefficient (Wildman–Crippen LogP) is 2.01. The number of carbonyl (C=O) groups is 1. The van der Waals surface area contributed by atoms with E-state index in [4.69, 9.17) is 9.90 Å². The molecule has 3 heteroatoms. The second-order valence-corrected chi connectivity index (χ2v) is 2.59. The second kappa shape index (κ2) is 7.86. The molecule has 0 bridgehead atoms. The minimum atomic E-state index is -0.833. The molecule has 0 aromatic heterocycles. The highest BCUT2D eigenvalue weighted by atomic mass is 16.4. The topological polar surface area (TPSA) is 49.3 Å². The van der Waals surface area contributed by atoms with Crippen LogP contribution in [-0.4, -0.2) is 11.1 Å². The summed E-state index contributed by atoms with van der Waals surface area (Å²) in [6, 6.07) is 10.2. The summed E-state index contributed by atoms with van der Waals surface area (Å²) in [7, 11) is 0. The first-order valence-corrected chi connectivity index (χ1v) is 4.24. The summed E-state index contributed by atoms with van der Waals surface area (Å²) < 4.78 is 0. The van der Waals surface area contributed by atoms with E-state index in [9.17, 15) is 0 Å². The van der Waals surface area contributed by atoms with Gasteiger partial charge in [0.1, 0.15) is 0 Å². The van der Waals surface area contributed by atoms with Gasteiger partial charge in [-0.05, 0) is 11.8 Å². The zero-order chi connectivity index (χ0) is 10.8. The summed E-state index contributed by atoms with van der Waals surface area (Å²) in [4.78, 5) is 9.00. The van der Waals surface area contributed by atoms with Crippen LogP contribution in [0.5, 0.6) is 0 Å². The molecular weight excluding hydrogens is 178 g/mol. The highest BCUT2D eigenvalue weighted by molar-refractivity contribution is 5.62. The largest absolute Gasteiger partial charge is 0.481 e. The lowest BCUT2D eigenvalue weighted by atomic mass is 10.2. The lowest BCUT2D eigenvalue weighted by molar-refractivity contribution is -0.134. The van der Waals surface area contributed by atoms with E-state index in [0.29, 0.717) is 0 Å². The third-order valence-electron chi connectivity index (χ3n) is 1.29. The Morgan fingerprint density at radius 1 is 1.50 bits per heavy atom. The molecule has 2 N–H and O–H groups in total. The van der Waals surface area contributed by atoms with Gasteiger partial charge in [-0.25, -0.2) is 0 Å². The van der Waals surface area contributed by atoms with Crippen LogP contribution in [0.1, 0.15) is 12.5 Å². The maximum absolute atomic E-state index is 9.00. The van der Waals surface area contributed by atoms with E-state index in [-0.39, 0.29) is 0 Å². The van der Waals surface area contributed by atoms with Crippen molar-refractivity contribution in [3.05, 3.63) is 48.7 Å². The van der Waals surface area contributed by atoms with E-state index in [1.165, 1.54) is 5.56 Å². The van der Waals surface area contributed by atoms with Gasteiger partial charge in [-0.15, -0.1) is 0 Å². The molecule has 76 valence electrons. The van der Waals surface area contributed by atoms with Crippen LogP contribution in [0.15, 0.2) is 43.1 Å². The van der Waals surface area contributed by atoms with Gasteiger partial charge in [0, 0.05) is 13.5 Å². The normalized spacial score (nSPS) is 8.07. The van der Waals surface area contributed by atoms with Crippen LogP contribution >= 0.6 is 0 Å². The van der Waals surface area contributed by atoms with Crippen molar-refractivity contribution in [3.63, 3.8) is 0 Å². The van der Waals surface area contributed by atoms with Gasteiger partial charge in [0.05, 0.1) is 0 Å². The Hall–Kier alpha value is -1.77. The molecule has 0 amide bonds. The van der Waals surface area contributed by atoms with Crippen molar-refractivity contribution in [1.29, 1.82) is 0 Å². The Bertz CT molecular complexity index is 266. The number of nitrogens with one attached hydrogen (secondary N) is 1. The molecule has 0 aliphatic rings. The molecule has 14 heavy (non-hydrogen) atoms. The van der Waals surface area contributed by atoms with Gasteiger partial charge < -0.3 is 10.4 Å². The third-order valence-corrected chi connectivity index (χ3v) is 1.29. The van der Waals surface area contributed by atoms with E-state index < -0.39 is 5.97 Å². The molecule has 0 spiro atoms. The molecule has 1 aromatic rings. The smallest absolute Gasteiger partial charge is 0.300 e. The van der Waals surface area contributed by atoms with Crippen LogP contribution in [0.3, 0.4) is 0 Å². The van der Waals surface area contributed by atoms with Crippen LogP contribution in [0.2, 0.25) is 0 Å². The minimum absolute atomic E-state index is 0.833. The van der Waals surface area contributed by atoms with E-state index in [2.05, 4.69) is 24.0 Å². The second-order valence-electron chi connectivity index (χ2n) is 2.59. The van der Waals surface area contributed by atoms with Crippen molar-refractivity contribution in [2.24, 2.45) is 0 Å². The van der Waals surface area contributed by atoms with Crippen molar-refractivity contribution in [2.45, 2.75) is 13.5 Å². The maximum Gasteiger partial charge on any atom is 0.300 e. The summed E-state index contributed by atoms with van der Waals surface area (Å²) in [6.45, 7) is 5.51. The molecule has 0 aliphatic carbocycles. The fourth-order valence-electron chi connectivity index (χ4n) is 0.786. The molecule has 0 fully saturated rings. The lowest BCUT2D eigenvalue weighted by Crippen LogP contribution is -2.02. The predicted molar refractivity (Wildman–Crippen MR) is 56.8 cm³/mol. The van der Waals surface area contributed by atoms with Crippen molar-refractivity contribution < 1.29 is 9.90 Å². The van der Waals surface area contributed by atoms with Gasteiger partial charge in [0.2, 0.25) is 0 Å². The number of rotatable bonds is 3. The van der Waals surface area contributed by atoms with Gasteiger partial charge in [-0.1, -0.05) is 36.9 Å². The minimum Gasteiger partial charge on any atom is -0.481 e. The number of hydrogen-bond donors (Lipinski definition) is 2. The SMILES string of the molecule is C=CNCc1ccccc1.CC(=O)O. The van der Waals surface area contributed by atoms with Gasteiger partial charge in [0.25, 0.3) is 5.97 Å². The first-order chi connectivity index (χ1) is 6.66. The molecule has 1 rings (SSSR count). The zero-order valence-electron chi connectivity index (χ0n) is 8.23. The molecule has 1 aromatic carbocycles. The van der Waals surface area contributed by atoms with Crippen molar-refractivity contribution >= 4 is 5.97 Å². The number of hydrogen-bond acceptors (Lipinski definition) is 2. The Kier molecular flexibility index (Phi) is 6.86. The molecule has 3 nitrogen and oxygen atoms in total. The summed E-state index contributed by atoms with van der Waals surface area (Å²) >= 11 is 0. The van der Waals surface area contributed by atoms with Crippen LogP contribution in [0, 0.1) is 0 Å². The highest BCUT2D eigenvalue weighted by Crippen LogP contribution is 1.96. The van der Waals surface area contributed by atoms with Crippen molar-refractivity contribution in [3.8, 4) is 0 Å². The lowest BCUT2D eigenvalue weighted by Gasteiger charge is -1.98. The van der Waals surface area contributed by atoms with Crippen molar-refractivity contribution in [2.75, 3.05) is 0 Å². The first-order valence-electron chi connectivity index (χ1n) is 4.24. The van der Waals surface area contributed by atoms with Crippen LogP contribution < -0.4 is 5.32 Å². The number of carboxylic acid groups (broad SMARTS) is 1. The van der Waals surface area contributed by atoms with E-state index in [0.717, 1.165) is 13.5 Å². The quantitative estimate of drug-likeness (QED) is 0.772. The van der Waals surface area contributed by atoms with E-state index >= 15 is 0 Å². The number of aliphatic carboxylic acids is 1. The first kappa shape index (κ1) is 12.2. The van der Waals surface area contributed by atoms with Gasteiger partial charge >= 0.3 is 0 Å². The standard InChI is InChI=1S/C9H11N.C2H4O2/c1-2-10-8-9-6-4-3-5-7-9;1-2(3)4/h2-7,10H,1,8H2;1H3,(H,3,4). The average molecular weight is 193 g/mol. The Balaban J connectivity index is 0.000000364. The van der Waals surface area contributed by atoms with Crippen LogP contribution in [0.25, 0.3) is 0 Å². The fourth-order valence-corrected chi connectivity index (χ4v) is 0.786. The molecule has 0 atom stereocenters. The number of benzene rings is 1. The summed E-state index contributed by atoms with van der Waals surface area (Å²) in [5, 5.41) is 10.4. The monoisotopic (exact) mass is 193 g/mol. The van der Waals surface area contributed by atoms with Gasteiger partial charge in [-0.2, -0.15) is 0 Å². The Morgan fingerprint density at radius 2 is 2.00 bits per heavy atom. The molecule has 0 saturated heterocycles. The van der Waals surface area contributed by atoms with Crippen LogP contribution in [-0.2, 0) is 11.3 Å². The third kappa shape index (κ3) is 8.33. The molecule has 0 aliphatic heterocycles. The van der Waals surface area contributed by atoms with Gasteiger partial charge in [0.15, 0.2) is 0 Å². The molecule has 0 radical (unpaired) electrons. The van der Waals surface area contributed by atoms with E-state index in [1.807, 2.05) is 18.2 Å². The number of carboxylic acids is 1. The van der Waals surface area contributed by atoms with Crippen molar-refractivity contribution in [1.82, 2.24) is 5.32 Å². The van der Waals surface area contributed by atoms with E-state index in [1.54, 1.807) is 6.20 Å². The van der Waals surface area contributed by atoms with Gasteiger partial charge in [-0.3, -0.25) is 4.79 Å². The van der Waals surface area contributed by atoms with Crippen LogP contribution in [0.4, 0.5) is 0 Å². The highest BCUT2D eigenvalue weighted by Gasteiger charge is 1.84. The molecular formula is C11H15NO2. The summed E-state index contributed by atoms with van der Waals surface area (Å²) in [5.74, 6) is -0.833. The Labute approximate surface area is 84.1 Å². The fraction of sp³-hybridized carbons (Fsp3) is 0.182. The Morgan fingerprint density at radius 3 is 2.43 bits per heavy atom. The summed E-state index contributed by atoms with van der Waals surface area (Å²) in [6.07, 6.45) is 1.70.